The minimum absolute atomic E-state index is 0.184. The van der Waals surface area contributed by atoms with Crippen molar-refractivity contribution in [1.29, 1.82) is 0 Å². The summed E-state index contributed by atoms with van der Waals surface area (Å²) in [6, 6.07) is 17.6. The van der Waals surface area contributed by atoms with Crippen LogP contribution < -0.4 is 14.8 Å². The monoisotopic (exact) mass is 700 g/mol. The summed E-state index contributed by atoms with van der Waals surface area (Å²) in [4.78, 5) is 17.6. The van der Waals surface area contributed by atoms with E-state index in [4.69, 9.17) is 9.47 Å². The highest BCUT2D eigenvalue weighted by atomic mass is 127. The summed E-state index contributed by atoms with van der Waals surface area (Å²) < 4.78 is 26.4. The van der Waals surface area contributed by atoms with Gasteiger partial charge < -0.3 is 14.8 Å². The fourth-order valence-electron chi connectivity index (χ4n) is 3.07. The molecule has 34 heavy (non-hydrogen) atoms. The predicted octanol–water partition coefficient (Wildman–Crippen LogP) is 6.90. The molecule has 3 aromatic rings. The maximum Gasteiger partial charge on any atom is 0.264 e. The third-order valence-electron chi connectivity index (χ3n) is 4.64. The zero-order valence-corrected chi connectivity index (χ0v) is 23.1. The van der Waals surface area contributed by atoms with E-state index in [-0.39, 0.29) is 11.7 Å². The van der Waals surface area contributed by atoms with E-state index in [1.165, 1.54) is 23.9 Å². The lowest BCUT2D eigenvalue weighted by molar-refractivity contribution is -0.115. The second-order valence-corrected chi connectivity index (χ2v) is 10.5. The quantitative estimate of drug-likeness (QED) is 0.215. The molecule has 0 radical (unpaired) electrons. The van der Waals surface area contributed by atoms with E-state index in [2.05, 4.69) is 55.5 Å². The second-order valence-electron chi connectivity index (χ2n) is 7.14. The largest absolute Gasteiger partial charge is 0.494 e. The lowest BCUT2D eigenvalue weighted by Crippen LogP contribution is -2.19. The van der Waals surface area contributed by atoms with Crippen molar-refractivity contribution in [2.24, 2.45) is 4.99 Å². The van der Waals surface area contributed by atoms with Gasteiger partial charge in [0.1, 0.15) is 23.9 Å². The number of nitrogens with one attached hydrogen (secondary N) is 1. The molecule has 1 heterocycles. The van der Waals surface area contributed by atoms with Crippen LogP contribution in [0.4, 0.5) is 10.1 Å². The Labute approximate surface area is 228 Å². The van der Waals surface area contributed by atoms with Crippen molar-refractivity contribution in [3.05, 3.63) is 89.7 Å². The predicted molar refractivity (Wildman–Crippen MR) is 151 cm³/mol. The molecule has 0 unspecified atom stereocenters. The van der Waals surface area contributed by atoms with E-state index in [9.17, 15) is 9.18 Å². The number of hydrogen-bond acceptors (Lipinski definition) is 5. The van der Waals surface area contributed by atoms with Gasteiger partial charge in [-0.3, -0.25) is 4.79 Å². The molecule has 0 bridgehead atoms. The number of amides is 1. The van der Waals surface area contributed by atoms with Crippen molar-refractivity contribution in [3.8, 4) is 11.5 Å². The van der Waals surface area contributed by atoms with Gasteiger partial charge in [-0.05, 0) is 130 Å². The number of nitrogens with zero attached hydrogens (tertiary/aromatic N) is 1. The van der Waals surface area contributed by atoms with Crippen LogP contribution in [-0.4, -0.2) is 17.7 Å². The summed E-state index contributed by atoms with van der Waals surface area (Å²) in [5.41, 5.74) is 2.51. The average Bonchev–Trinajstić information content (AvgIpc) is 3.14. The molecule has 1 amide bonds. The lowest BCUT2D eigenvalue weighted by Gasteiger charge is -2.12. The van der Waals surface area contributed by atoms with Crippen LogP contribution in [0.15, 0.2) is 70.6 Å². The second kappa shape index (κ2) is 11.5. The highest BCUT2D eigenvalue weighted by Gasteiger charge is 2.24. The Hall–Kier alpha value is -2.12. The first-order valence-electron chi connectivity index (χ1n) is 10.3. The minimum atomic E-state index is -0.271. The van der Waals surface area contributed by atoms with Gasteiger partial charge in [0.05, 0.1) is 24.3 Å². The van der Waals surface area contributed by atoms with Crippen LogP contribution in [-0.2, 0) is 11.4 Å². The van der Waals surface area contributed by atoms with Crippen LogP contribution in [0.25, 0.3) is 6.08 Å². The van der Waals surface area contributed by atoms with Gasteiger partial charge in [-0.2, -0.15) is 0 Å². The number of amidine groups is 1. The zero-order valence-electron chi connectivity index (χ0n) is 18.0. The lowest BCUT2D eigenvalue weighted by atomic mass is 10.2. The first kappa shape index (κ1) is 25.0. The van der Waals surface area contributed by atoms with Crippen LogP contribution in [0.3, 0.4) is 0 Å². The summed E-state index contributed by atoms with van der Waals surface area (Å²) in [6.07, 6.45) is 1.84. The molecule has 1 N–H and O–H groups in total. The third-order valence-corrected chi connectivity index (χ3v) is 7.16. The number of ether oxygens (including phenoxy) is 2. The topological polar surface area (TPSA) is 59.9 Å². The van der Waals surface area contributed by atoms with Gasteiger partial charge >= 0.3 is 0 Å². The molecule has 0 saturated carbocycles. The molecule has 0 atom stereocenters. The molecule has 4 rings (SSSR count). The molecule has 1 aliphatic heterocycles. The number of carbonyl (C=O) groups is 1. The van der Waals surface area contributed by atoms with Gasteiger partial charge in [0.2, 0.25) is 0 Å². The summed E-state index contributed by atoms with van der Waals surface area (Å²) in [7, 11) is 0. The normalized spacial score (nSPS) is 15.6. The van der Waals surface area contributed by atoms with Crippen molar-refractivity contribution in [2.75, 3.05) is 6.61 Å². The highest BCUT2D eigenvalue weighted by molar-refractivity contribution is 14.1. The minimum Gasteiger partial charge on any atom is -0.494 e. The van der Waals surface area contributed by atoms with Crippen molar-refractivity contribution >= 4 is 79.8 Å². The Kier molecular flexibility index (Phi) is 8.48. The highest BCUT2D eigenvalue weighted by Crippen LogP contribution is 2.33. The van der Waals surface area contributed by atoms with Gasteiger partial charge in [-0.15, -0.1) is 0 Å². The first-order valence-corrected chi connectivity index (χ1v) is 13.3. The summed E-state index contributed by atoms with van der Waals surface area (Å²) >= 11 is 5.74. The van der Waals surface area contributed by atoms with Crippen LogP contribution in [0.5, 0.6) is 11.5 Å². The average molecular weight is 700 g/mol. The van der Waals surface area contributed by atoms with Gasteiger partial charge in [-0.1, -0.05) is 12.1 Å². The molecule has 1 aliphatic rings. The zero-order chi connectivity index (χ0) is 24.1. The smallest absolute Gasteiger partial charge is 0.264 e. The van der Waals surface area contributed by atoms with E-state index in [1.54, 1.807) is 12.1 Å². The number of benzene rings is 3. The summed E-state index contributed by atoms with van der Waals surface area (Å²) in [5, 5.41) is 3.35. The van der Waals surface area contributed by atoms with Crippen LogP contribution in [0.2, 0.25) is 0 Å². The number of aliphatic imine (C=N–C) groups is 1. The molecule has 5 nitrogen and oxygen atoms in total. The van der Waals surface area contributed by atoms with Crippen molar-refractivity contribution < 1.29 is 18.7 Å². The van der Waals surface area contributed by atoms with Crippen LogP contribution in [0, 0.1) is 13.0 Å². The van der Waals surface area contributed by atoms with Crippen molar-refractivity contribution in [2.45, 2.75) is 13.5 Å². The SMILES string of the molecule is CCOc1ccc(N=C2NC(=O)/C(=C\c3cc(I)c(OCc4ccc(F)cc4)c(I)c3)S2)cc1. The van der Waals surface area contributed by atoms with Gasteiger partial charge in [0, 0.05) is 0 Å². The van der Waals surface area contributed by atoms with E-state index in [0.717, 1.165) is 35.5 Å². The molecule has 3 aromatic carbocycles. The van der Waals surface area contributed by atoms with Gasteiger partial charge in [0.15, 0.2) is 5.17 Å². The number of rotatable bonds is 7. The first-order chi connectivity index (χ1) is 16.4. The number of halogens is 3. The molecule has 0 spiro atoms. The van der Waals surface area contributed by atoms with Gasteiger partial charge in [-0.25, -0.2) is 9.38 Å². The number of thioether (sulfide) groups is 1. The number of carbonyl (C=O) groups excluding carboxylic acids is 1. The molecular weight excluding hydrogens is 681 g/mol. The molecule has 1 saturated heterocycles. The van der Waals surface area contributed by atoms with E-state index < -0.39 is 0 Å². The van der Waals surface area contributed by atoms with Crippen LogP contribution in [0.1, 0.15) is 18.1 Å². The third kappa shape index (κ3) is 6.51. The molecule has 0 aromatic heterocycles. The van der Waals surface area contributed by atoms with Crippen molar-refractivity contribution in [1.82, 2.24) is 5.32 Å². The van der Waals surface area contributed by atoms with E-state index >= 15 is 0 Å². The summed E-state index contributed by atoms with van der Waals surface area (Å²) in [6.45, 7) is 2.88. The fraction of sp³-hybridized carbons (Fsp3) is 0.120. The number of hydrogen-bond donors (Lipinski definition) is 1. The molecule has 9 heteroatoms. The fourth-order valence-corrected chi connectivity index (χ4v) is 6.04. The Morgan fingerprint density at radius 3 is 2.35 bits per heavy atom. The molecule has 0 aliphatic carbocycles. The Bertz CT molecular complexity index is 1240. The van der Waals surface area contributed by atoms with Crippen LogP contribution >= 0.6 is 56.9 Å². The standard InChI is InChI=1S/C25H19FI2N2O3S/c1-2-32-19-9-7-18(8-10-19)29-25-30-24(31)22(34-25)13-16-11-20(27)23(21(28)12-16)33-14-15-3-5-17(26)6-4-15/h3-13H,2,14H2,1H3,(H,29,30,31)/b22-13+. The maximum absolute atomic E-state index is 13.1. The maximum atomic E-state index is 13.1. The Morgan fingerprint density at radius 2 is 1.71 bits per heavy atom. The molecule has 174 valence electrons. The van der Waals surface area contributed by atoms with Crippen molar-refractivity contribution in [3.63, 3.8) is 0 Å². The molecular formula is C25H19FI2N2O3S. The Balaban J connectivity index is 1.46. The molecule has 1 fully saturated rings. The van der Waals surface area contributed by atoms with E-state index in [0.29, 0.717) is 23.3 Å². The Morgan fingerprint density at radius 1 is 1.03 bits per heavy atom. The summed E-state index contributed by atoms with van der Waals surface area (Å²) in [5.74, 6) is 1.08. The van der Waals surface area contributed by atoms with E-state index in [1.807, 2.05) is 49.4 Å². The van der Waals surface area contributed by atoms with Gasteiger partial charge in [0.25, 0.3) is 5.91 Å².